The zero-order valence-corrected chi connectivity index (χ0v) is 10.2. The maximum Gasteiger partial charge on any atom is 0.257 e. The number of aryl methyl sites for hydroxylation is 1. The van der Waals surface area contributed by atoms with Crippen molar-refractivity contribution in [3.05, 3.63) is 27.7 Å². The molecule has 84 valence electrons. The second-order valence-corrected chi connectivity index (χ2v) is 4.73. The van der Waals surface area contributed by atoms with Gasteiger partial charge in [0.15, 0.2) is 0 Å². The van der Waals surface area contributed by atoms with Crippen LogP contribution in [0.5, 0.6) is 0 Å². The second kappa shape index (κ2) is 3.83. The Morgan fingerprint density at radius 1 is 1.38 bits per heavy atom. The molecule has 0 unspecified atom stereocenters. The predicted octanol–water partition coefficient (Wildman–Crippen LogP) is 1.83. The summed E-state index contributed by atoms with van der Waals surface area (Å²) in [5.41, 5.74) is 1.40. The van der Waals surface area contributed by atoms with E-state index < -0.39 is 0 Å². The highest BCUT2D eigenvalue weighted by atomic mass is 32.1. The average molecular weight is 236 g/mol. The van der Waals surface area contributed by atoms with Crippen molar-refractivity contribution >= 4 is 23.2 Å². The molecule has 16 heavy (non-hydrogen) atoms. The fourth-order valence-corrected chi connectivity index (χ4v) is 2.49. The zero-order chi connectivity index (χ0) is 11.9. The van der Waals surface area contributed by atoms with Crippen LogP contribution in [0.2, 0.25) is 0 Å². The average Bonchev–Trinajstić information content (AvgIpc) is 2.73. The number of rotatable bonds is 2. The van der Waals surface area contributed by atoms with Crippen molar-refractivity contribution in [3.8, 4) is 0 Å². The Morgan fingerprint density at radius 2 is 2.06 bits per heavy atom. The van der Waals surface area contributed by atoms with Crippen LogP contribution in [0.25, 0.3) is 0 Å². The monoisotopic (exact) mass is 236 g/mol. The molecule has 2 amide bonds. The summed E-state index contributed by atoms with van der Waals surface area (Å²) in [4.78, 5) is 28.9. The molecule has 0 saturated carbocycles. The minimum absolute atomic E-state index is 0.217. The molecule has 0 saturated heterocycles. The number of hydrogen-bond acceptors (Lipinski definition) is 4. The van der Waals surface area contributed by atoms with Gasteiger partial charge in [0.2, 0.25) is 0 Å². The van der Waals surface area contributed by atoms with Gasteiger partial charge in [-0.05, 0) is 20.8 Å². The van der Waals surface area contributed by atoms with E-state index in [1.54, 1.807) is 6.92 Å². The number of amides is 2. The van der Waals surface area contributed by atoms with Crippen molar-refractivity contribution < 1.29 is 9.59 Å². The van der Waals surface area contributed by atoms with Gasteiger partial charge in [0.05, 0.1) is 6.04 Å². The van der Waals surface area contributed by atoms with E-state index in [0.717, 1.165) is 10.7 Å². The molecule has 1 atom stereocenters. The van der Waals surface area contributed by atoms with E-state index in [2.05, 4.69) is 4.98 Å². The Morgan fingerprint density at radius 3 is 2.50 bits per heavy atom. The van der Waals surface area contributed by atoms with Crippen molar-refractivity contribution in [2.45, 2.75) is 26.8 Å². The largest absolute Gasteiger partial charge is 0.269 e. The molecule has 0 spiro atoms. The molecule has 0 N–H and O–H groups in total. The molecule has 1 aliphatic rings. The summed E-state index contributed by atoms with van der Waals surface area (Å²) in [5, 5.41) is 2.71. The number of thiazole rings is 1. The van der Waals surface area contributed by atoms with E-state index in [4.69, 9.17) is 0 Å². The number of aromatic nitrogens is 1. The maximum absolute atomic E-state index is 11.8. The van der Waals surface area contributed by atoms with Gasteiger partial charge < -0.3 is 0 Å². The Kier molecular flexibility index (Phi) is 2.63. The topological polar surface area (TPSA) is 50.3 Å². The summed E-state index contributed by atoms with van der Waals surface area (Å²) < 4.78 is 0. The van der Waals surface area contributed by atoms with Crippen LogP contribution in [0.1, 0.15) is 30.6 Å². The van der Waals surface area contributed by atoms with Crippen LogP contribution < -0.4 is 0 Å². The van der Waals surface area contributed by atoms with Gasteiger partial charge in [0, 0.05) is 22.7 Å². The molecule has 1 aliphatic heterocycles. The first-order valence-electron chi connectivity index (χ1n) is 4.98. The molecule has 2 heterocycles. The molecule has 0 bridgehead atoms. The highest BCUT2D eigenvalue weighted by molar-refractivity contribution is 7.09. The van der Waals surface area contributed by atoms with Gasteiger partial charge in [-0.15, -0.1) is 11.3 Å². The lowest BCUT2D eigenvalue weighted by Gasteiger charge is -2.20. The number of imide groups is 1. The standard InChI is InChI=1S/C11H12N2O2S/c1-6-4-9(14)13(11(6)15)8(3)10-12-7(2)5-16-10/h4-5,8H,1-3H3/t8-/m1/s1. The smallest absolute Gasteiger partial charge is 0.257 e. The van der Waals surface area contributed by atoms with Crippen LogP contribution >= 0.6 is 11.3 Å². The lowest BCUT2D eigenvalue weighted by Crippen LogP contribution is -2.33. The van der Waals surface area contributed by atoms with Crippen molar-refractivity contribution in [2.24, 2.45) is 0 Å². The molecule has 1 aromatic rings. The van der Waals surface area contributed by atoms with Crippen LogP contribution in [0.15, 0.2) is 17.0 Å². The van der Waals surface area contributed by atoms with Crippen LogP contribution in [-0.4, -0.2) is 21.7 Å². The molecule has 0 radical (unpaired) electrons. The number of nitrogens with zero attached hydrogens (tertiary/aromatic N) is 2. The fourth-order valence-electron chi connectivity index (χ4n) is 1.65. The van der Waals surface area contributed by atoms with Crippen LogP contribution in [-0.2, 0) is 9.59 Å². The fraction of sp³-hybridized carbons (Fsp3) is 0.364. The van der Waals surface area contributed by atoms with E-state index in [1.165, 1.54) is 22.3 Å². The first-order valence-corrected chi connectivity index (χ1v) is 5.86. The van der Waals surface area contributed by atoms with Crippen LogP contribution in [0.4, 0.5) is 0 Å². The molecule has 1 aromatic heterocycles. The Bertz CT molecular complexity index is 490. The quantitative estimate of drug-likeness (QED) is 0.736. The summed E-state index contributed by atoms with van der Waals surface area (Å²) in [6.07, 6.45) is 1.37. The van der Waals surface area contributed by atoms with Gasteiger partial charge >= 0.3 is 0 Å². The van der Waals surface area contributed by atoms with E-state index in [-0.39, 0.29) is 17.9 Å². The molecular formula is C11H12N2O2S. The van der Waals surface area contributed by atoms with Gasteiger partial charge in [0.1, 0.15) is 5.01 Å². The molecule has 4 nitrogen and oxygen atoms in total. The molecule has 5 heteroatoms. The Balaban J connectivity index is 2.27. The van der Waals surface area contributed by atoms with Gasteiger partial charge in [-0.2, -0.15) is 0 Å². The SMILES string of the molecule is CC1=CC(=O)N([C@H](C)c2nc(C)cs2)C1=O. The predicted molar refractivity (Wildman–Crippen MR) is 60.9 cm³/mol. The van der Waals surface area contributed by atoms with Gasteiger partial charge in [-0.25, -0.2) is 4.98 Å². The maximum atomic E-state index is 11.8. The summed E-state index contributed by atoms with van der Waals surface area (Å²) in [7, 11) is 0. The minimum atomic E-state index is -0.285. The molecular weight excluding hydrogens is 224 g/mol. The molecule has 0 fully saturated rings. The van der Waals surface area contributed by atoms with E-state index in [0.29, 0.717) is 5.57 Å². The van der Waals surface area contributed by atoms with Crippen molar-refractivity contribution in [3.63, 3.8) is 0 Å². The third kappa shape index (κ3) is 1.67. The third-order valence-electron chi connectivity index (χ3n) is 2.52. The zero-order valence-electron chi connectivity index (χ0n) is 9.35. The summed E-state index contributed by atoms with van der Waals surface area (Å²) in [6, 6.07) is -0.285. The van der Waals surface area contributed by atoms with E-state index in [1.807, 2.05) is 19.2 Å². The highest BCUT2D eigenvalue weighted by Gasteiger charge is 2.34. The minimum Gasteiger partial charge on any atom is -0.269 e. The van der Waals surface area contributed by atoms with Crippen LogP contribution in [0, 0.1) is 6.92 Å². The van der Waals surface area contributed by atoms with Crippen molar-refractivity contribution in [2.75, 3.05) is 0 Å². The lowest BCUT2D eigenvalue weighted by atomic mass is 10.3. The van der Waals surface area contributed by atoms with Crippen LogP contribution in [0.3, 0.4) is 0 Å². The Labute approximate surface area is 97.6 Å². The summed E-state index contributed by atoms with van der Waals surface area (Å²) in [5.74, 6) is -0.465. The van der Waals surface area contributed by atoms with Crippen molar-refractivity contribution in [1.29, 1.82) is 0 Å². The first kappa shape index (κ1) is 11.0. The molecule has 0 aromatic carbocycles. The van der Waals surface area contributed by atoms with E-state index in [9.17, 15) is 9.59 Å². The number of carbonyl (C=O) groups excluding carboxylic acids is 2. The number of hydrogen-bond donors (Lipinski definition) is 0. The second-order valence-electron chi connectivity index (χ2n) is 3.84. The summed E-state index contributed by atoms with van der Waals surface area (Å²) in [6.45, 7) is 5.37. The molecule has 2 rings (SSSR count). The lowest BCUT2D eigenvalue weighted by molar-refractivity contribution is -0.139. The van der Waals surface area contributed by atoms with Gasteiger partial charge in [0.25, 0.3) is 11.8 Å². The van der Waals surface area contributed by atoms with Gasteiger partial charge in [-0.1, -0.05) is 0 Å². The first-order chi connectivity index (χ1) is 7.50. The van der Waals surface area contributed by atoms with Crippen molar-refractivity contribution in [1.82, 2.24) is 9.88 Å². The van der Waals surface area contributed by atoms with Gasteiger partial charge in [-0.3, -0.25) is 14.5 Å². The number of carbonyl (C=O) groups is 2. The molecule has 0 aliphatic carbocycles. The summed E-state index contributed by atoms with van der Waals surface area (Å²) >= 11 is 1.47. The normalized spacial score (nSPS) is 17.9. The van der Waals surface area contributed by atoms with E-state index >= 15 is 0 Å². The third-order valence-corrected chi connectivity index (χ3v) is 3.65. The highest BCUT2D eigenvalue weighted by Crippen LogP contribution is 2.28. The Hall–Kier alpha value is -1.49.